The predicted octanol–water partition coefficient (Wildman–Crippen LogP) is 1.71. The summed E-state index contributed by atoms with van der Waals surface area (Å²) in [6.45, 7) is 3.85. The maximum absolute atomic E-state index is 10.5. The van der Waals surface area contributed by atoms with Crippen molar-refractivity contribution in [2.75, 3.05) is 19.7 Å². The number of hydrogen-bond acceptors (Lipinski definition) is 4. The normalized spacial score (nSPS) is 19.2. The van der Waals surface area contributed by atoms with Crippen LogP contribution in [0.15, 0.2) is 24.5 Å². The molecule has 1 N–H and O–H groups in total. The molecule has 1 aliphatic rings. The van der Waals surface area contributed by atoms with Crippen molar-refractivity contribution >= 4 is 5.97 Å². The van der Waals surface area contributed by atoms with Gasteiger partial charge in [-0.2, -0.15) is 0 Å². The average molecular weight is 264 g/mol. The van der Waals surface area contributed by atoms with Crippen LogP contribution in [0.25, 0.3) is 0 Å². The summed E-state index contributed by atoms with van der Waals surface area (Å²) in [4.78, 5) is 17.0. The molecule has 1 atom stereocenters. The minimum atomic E-state index is -0.897. The van der Waals surface area contributed by atoms with Crippen LogP contribution >= 0.6 is 0 Å². The first-order valence-corrected chi connectivity index (χ1v) is 6.64. The molecule has 0 aliphatic carbocycles. The highest BCUT2D eigenvalue weighted by Crippen LogP contribution is 2.24. The maximum atomic E-state index is 10.5. The fourth-order valence-corrected chi connectivity index (χ4v) is 2.45. The van der Waals surface area contributed by atoms with Crippen molar-refractivity contribution < 1.29 is 14.6 Å². The van der Waals surface area contributed by atoms with E-state index in [0.717, 1.165) is 25.9 Å². The second kappa shape index (κ2) is 6.63. The molecule has 2 heterocycles. The summed E-state index contributed by atoms with van der Waals surface area (Å²) in [6.07, 6.45) is 5.53. The molecule has 1 saturated heterocycles. The van der Waals surface area contributed by atoms with Gasteiger partial charge in [0.2, 0.25) is 0 Å². The van der Waals surface area contributed by atoms with Crippen LogP contribution in [0.4, 0.5) is 0 Å². The van der Waals surface area contributed by atoms with Gasteiger partial charge in [-0.25, -0.2) is 4.79 Å². The van der Waals surface area contributed by atoms with Crippen molar-refractivity contribution in [1.82, 2.24) is 9.88 Å². The van der Waals surface area contributed by atoms with Crippen molar-refractivity contribution in [3.63, 3.8) is 0 Å². The van der Waals surface area contributed by atoms with E-state index in [4.69, 9.17) is 9.84 Å². The summed E-state index contributed by atoms with van der Waals surface area (Å²) in [5.41, 5.74) is 1.22. The summed E-state index contributed by atoms with van der Waals surface area (Å²) in [7, 11) is 0. The summed E-state index contributed by atoms with van der Waals surface area (Å²) in [5, 5.41) is 8.59. The van der Waals surface area contributed by atoms with E-state index >= 15 is 0 Å². The Morgan fingerprint density at radius 2 is 2.32 bits per heavy atom. The zero-order valence-corrected chi connectivity index (χ0v) is 11.2. The molecule has 0 radical (unpaired) electrons. The molecule has 1 aromatic heterocycles. The Kier molecular flexibility index (Phi) is 4.87. The van der Waals surface area contributed by atoms with Crippen molar-refractivity contribution in [2.24, 2.45) is 0 Å². The Morgan fingerprint density at radius 1 is 1.58 bits per heavy atom. The fraction of sp³-hybridized carbons (Fsp3) is 0.571. The highest BCUT2D eigenvalue weighted by Gasteiger charge is 2.24. The summed E-state index contributed by atoms with van der Waals surface area (Å²) >= 11 is 0. The average Bonchev–Trinajstić information content (AvgIpc) is 2.46. The van der Waals surface area contributed by atoms with Gasteiger partial charge in [0.05, 0.1) is 6.10 Å². The fourth-order valence-electron chi connectivity index (χ4n) is 2.45. The number of carbonyl (C=O) groups is 1. The Bertz CT molecular complexity index is 402. The lowest BCUT2D eigenvalue weighted by molar-refractivity contribution is -0.145. The number of rotatable bonds is 5. The van der Waals surface area contributed by atoms with E-state index < -0.39 is 5.97 Å². The number of pyridine rings is 1. The van der Waals surface area contributed by atoms with E-state index in [-0.39, 0.29) is 12.7 Å². The molecule has 1 aromatic rings. The lowest BCUT2D eigenvalue weighted by Crippen LogP contribution is -2.39. The predicted molar refractivity (Wildman–Crippen MR) is 70.8 cm³/mol. The summed E-state index contributed by atoms with van der Waals surface area (Å²) in [6, 6.07) is 4.38. The number of aliphatic carboxylic acids is 1. The van der Waals surface area contributed by atoms with Gasteiger partial charge in [0.15, 0.2) is 0 Å². The molecule has 104 valence electrons. The van der Waals surface area contributed by atoms with Crippen LogP contribution in [0.3, 0.4) is 0 Å². The molecule has 19 heavy (non-hydrogen) atoms. The highest BCUT2D eigenvalue weighted by atomic mass is 16.5. The lowest BCUT2D eigenvalue weighted by atomic mass is 10.0. The Hall–Kier alpha value is -1.46. The van der Waals surface area contributed by atoms with Crippen molar-refractivity contribution in [3.8, 4) is 0 Å². The van der Waals surface area contributed by atoms with Crippen molar-refractivity contribution in [2.45, 2.75) is 31.9 Å². The minimum Gasteiger partial charge on any atom is -0.480 e. The number of carboxylic acid groups (broad SMARTS) is 1. The zero-order chi connectivity index (χ0) is 13.7. The van der Waals surface area contributed by atoms with E-state index in [2.05, 4.69) is 22.9 Å². The summed E-state index contributed by atoms with van der Waals surface area (Å²) in [5.74, 6) is -0.897. The molecule has 0 amide bonds. The standard InChI is InChI=1S/C14H20N2O3/c1-11(12-3-2-6-15-9-12)16-7-4-13(5-8-16)19-10-14(17)18/h2-3,6,9,11,13H,4-5,7-8,10H2,1H3,(H,17,18). The van der Waals surface area contributed by atoms with Crippen LogP contribution in [0, 0.1) is 0 Å². The molecular formula is C14H20N2O3. The molecule has 1 unspecified atom stereocenters. The molecule has 5 nitrogen and oxygen atoms in total. The summed E-state index contributed by atoms with van der Waals surface area (Å²) < 4.78 is 5.34. The Labute approximate surface area is 113 Å². The van der Waals surface area contributed by atoms with Gasteiger partial charge in [-0.3, -0.25) is 9.88 Å². The first-order valence-electron chi connectivity index (χ1n) is 6.64. The van der Waals surface area contributed by atoms with Crippen LogP contribution in [-0.2, 0) is 9.53 Å². The van der Waals surface area contributed by atoms with Gasteiger partial charge < -0.3 is 9.84 Å². The number of piperidine rings is 1. The first-order chi connectivity index (χ1) is 9.16. The third-order valence-corrected chi connectivity index (χ3v) is 3.63. The van der Waals surface area contributed by atoms with Crippen LogP contribution in [0.1, 0.15) is 31.4 Å². The van der Waals surface area contributed by atoms with Gasteiger partial charge in [-0.15, -0.1) is 0 Å². The third-order valence-electron chi connectivity index (χ3n) is 3.63. The molecular weight excluding hydrogens is 244 g/mol. The second-order valence-electron chi connectivity index (χ2n) is 4.90. The van der Waals surface area contributed by atoms with Gasteiger partial charge in [0, 0.05) is 31.5 Å². The monoisotopic (exact) mass is 264 g/mol. The largest absolute Gasteiger partial charge is 0.480 e. The molecule has 0 saturated carbocycles. The lowest BCUT2D eigenvalue weighted by Gasteiger charge is -2.35. The van der Waals surface area contributed by atoms with E-state index in [9.17, 15) is 4.79 Å². The molecule has 0 aromatic carbocycles. The van der Waals surface area contributed by atoms with Crippen LogP contribution in [-0.4, -0.2) is 46.8 Å². The van der Waals surface area contributed by atoms with E-state index in [1.54, 1.807) is 6.20 Å². The zero-order valence-electron chi connectivity index (χ0n) is 11.2. The van der Waals surface area contributed by atoms with Gasteiger partial charge >= 0.3 is 5.97 Å². The van der Waals surface area contributed by atoms with Crippen molar-refractivity contribution in [1.29, 1.82) is 0 Å². The quantitative estimate of drug-likeness (QED) is 0.877. The molecule has 0 bridgehead atoms. The molecule has 2 rings (SSSR count). The van der Waals surface area contributed by atoms with Crippen molar-refractivity contribution in [3.05, 3.63) is 30.1 Å². The number of ether oxygens (including phenoxy) is 1. The highest BCUT2D eigenvalue weighted by molar-refractivity contribution is 5.68. The minimum absolute atomic E-state index is 0.0773. The Morgan fingerprint density at radius 3 is 2.89 bits per heavy atom. The van der Waals surface area contributed by atoms with E-state index in [1.165, 1.54) is 5.56 Å². The van der Waals surface area contributed by atoms with Gasteiger partial charge in [-0.05, 0) is 31.4 Å². The van der Waals surface area contributed by atoms with Gasteiger partial charge in [0.1, 0.15) is 6.61 Å². The Balaban J connectivity index is 1.81. The first kappa shape index (κ1) is 14.0. The number of hydrogen-bond donors (Lipinski definition) is 1. The number of likely N-dealkylation sites (tertiary alicyclic amines) is 1. The van der Waals surface area contributed by atoms with E-state index in [1.807, 2.05) is 12.3 Å². The SMILES string of the molecule is CC(c1cccnc1)N1CCC(OCC(=O)O)CC1. The van der Waals surface area contributed by atoms with Gasteiger partial charge in [0.25, 0.3) is 0 Å². The second-order valence-corrected chi connectivity index (χ2v) is 4.90. The number of carboxylic acids is 1. The molecule has 5 heteroatoms. The third kappa shape index (κ3) is 4.01. The maximum Gasteiger partial charge on any atom is 0.329 e. The smallest absolute Gasteiger partial charge is 0.329 e. The molecule has 1 fully saturated rings. The molecule has 1 aliphatic heterocycles. The van der Waals surface area contributed by atoms with Gasteiger partial charge in [-0.1, -0.05) is 6.07 Å². The number of nitrogens with zero attached hydrogens (tertiary/aromatic N) is 2. The van der Waals surface area contributed by atoms with Crippen LogP contribution < -0.4 is 0 Å². The van der Waals surface area contributed by atoms with Crippen LogP contribution in [0.5, 0.6) is 0 Å². The topological polar surface area (TPSA) is 62.7 Å². The molecule has 0 spiro atoms. The van der Waals surface area contributed by atoms with E-state index in [0.29, 0.717) is 6.04 Å². The number of aromatic nitrogens is 1. The van der Waals surface area contributed by atoms with Crippen LogP contribution in [0.2, 0.25) is 0 Å².